The van der Waals surface area contributed by atoms with Crippen molar-refractivity contribution in [3.05, 3.63) is 18.1 Å². The summed E-state index contributed by atoms with van der Waals surface area (Å²) < 4.78 is 0. The van der Waals surface area contributed by atoms with Crippen molar-refractivity contribution < 1.29 is 5.11 Å². The van der Waals surface area contributed by atoms with Crippen molar-refractivity contribution in [3.8, 4) is 0 Å². The number of fused-ring (bicyclic) bond motifs is 2. The quantitative estimate of drug-likeness (QED) is 0.864. The number of nitrogens with zero attached hydrogens (tertiary/aromatic N) is 3. The third kappa shape index (κ3) is 1.70. The Morgan fingerprint density at radius 2 is 1.78 bits per heavy atom. The lowest BCUT2D eigenvalue weighted by Crippen LogP contribution is -2.45. The molecule has 3 heterocycles. The minimum atomic E-state index is -0.108. The van der Waals surface area contributed by atoms with Crippen molar-refractivity contribution in [3.63, 3.8) is 0 Å². The molecule has 2 bridgehead atoms. The zero-order valence-corrected chi connectivity index (χ0v) is 10.5. The van der Waals surface area contributed by atoms with Crippen LogP contribution >= 0.6 is 0 Å². The number of piperidine rings is 1. The van der Waals surface area contributed by atoms with Crippen LogP contribution in [-0.2, 0) is 0 Å². The van der Waals surface area contributed by atoms with E-state index in [9.17, 15) is 5.11 Å². The van der Waals surface area contributed by atoms with Crippen LogP contribution in [0.5, 0.6) is 0 Å². The van der Waals surface area contributed by atoms with Gasteiger partial charge in [-0.25, -0.2) is 9.97 Å². The molecule has 1 aromatic heterocycles. The van der Waals surface area contributed by atoms with Gasteiger partial charge in [0.15, 0.2) is 0 Å². The lowest BCUT2D eigenvalue weighted by Gasteiger charge is -2.38. The molecule has 2 atom stereocenters. The summed E-state index contributed by atoms with van der Waals surface area (Å²) in [4.78, 5) is 11.3. The van der Waals surface area contributed by atoms with Crippen LogP contribution < -0.4 is 4.90 Å². The Morgan fingerprint density at radius 3 is 2.44 bits per heavy atom. The van der Waals surface area contributed by atoms with Crippen LogP contribution in [0.4, 0.5) is 5.82 Å². The van der Waals surface area contributed by atoms with Crippen molar-refractivity contribution in [2.75, 3.05) is 4.90 Å². The van der Waals surface area contributed by atoms with Crippen molar-refractivity contribution in [1.29, 1.82) is 0 Å². The summed E-state index contributed by atoms with van der Waals surface area (Å²) >= 11 is 0. The molecule has 4 heteroatoms. The molecule has 0 amide bonds. The number of rotatable bonds is 2. The smallest absolute Gasteiger partial charge is 0.132 e. The summed E-state index contributed by atoms with van der Waals surface area (Å²) in [7, 11) is 0. The van der Waals surface area contributed by atoms with Crippen molar-refractivity contribution in [1.82, 2.24) is 9.97 Å². The first-order chi connectivity index (χ1) is 8.81. The first-order valence-electron chi connectivity index (χ1n) is 7.09. The van der Waals surface area contributed by atoms with Crippen LogP contribution in [0.1, 0.15) is 50.1 Å². The predicted molar refractivity (Wildman–Crippen MR) is 68.5 cm³/mol. The maximum absolute atomic E-state index is 9.85. The highest BCUT2D eigenvalue weighted by molar-refractivity contribution is 5.45. The molecule has 1 N–H and O–H groups in total. The Labute approximate surface area is 107 Å². The molecule has 3 fully saturated rings. The van der Waals surface area contributed by atoms with Gasteiger partial charge in [0.1, 0.15) is 12.1 Å². The fraction of sp³-hybridized carbons (Fsp3) is 0.714. The molecule has 0 radical (unpaired) electrons. The zero-order chi connectivity index (χ0) is 12.1. The van der Waals surface area contributed by atoms with Crippen LogP contribution in [0.25, 0.3) is 0 Å². The Balaban J connectivity index is 1.64. The molecular formula is C14H19N3O. The summed E-state index contributed by atoms with van der Waals surface area (Å²) in [5, 5.41) is 9.85. The monoisotopic (exact) mass is 245 g/mol. The molecule has 0 aromatic carbocycles. The predicted octanol–water partition coefficient (Wildman–Crippen LogP) is 1.85. The summed E-state index contributed by atoms with van der Waals surface area (Å²) in [5.41, 5.74) is 1.21. The van der Waals surface area contributed by atoms with Gasteiger partial charge in [-0.15, -0.1) is 0 Å². The highest BCUT2D eigenvalue weighted by atomic mass is 16.3. The molecule has 2 aliphatic heterocycles. The van der Waals surface area contributed by atoms with Crippen molar-refractivity contribution in [2.45, 2.75) is 62.6 Å². The number of aromatic nitrogens is 2. The van der Waals surface area contributed by atoms with Gasteiger partial charge in [0, 0.05) is 29.8 Å². The van der Waals surface area contributed by atoms with Gasteiger partial charge in [-0.3, -0.25) is 0 Å². The minimum absolute atomic E-state index is 0.108. The number of aliphatic hydroxyl groups is 1. The van der Waals surface area contributed by atoms with Gasteiger partial charge in [-0.1, -0.05) is 0 Å². The van der Waals surface area contributed by atoms with E-state index in [0.29, 0.717) is 18.0 Å². The zero-order valence-electron chi connectivity index (χ0n) is 10.5. The molecule has 2 saturated heterocycles. The van der Waals surface area contributed by atoms with Gasteiger partial charge >= 0.3 is 0 Å². The number of hydrogen-bond acceptors (Lipinski definition) is 4. The van der Waals surface area contributed by atoms with E-state index in [2.05, 4.69) is 20.9 Å². The van der Waals surface area contributed by atoms with E-state index >= 15 is 0 Å². The SMILES string of the molecule is OC1CC2CCC(C1)N2c1cc(C2CC2)ncn1. The van der Waals surface area contributed by atoms with Gasteiger partial charge in [0.05, 0.1) is 6.10 Å². The maximum atomic E-state index is 9.85. The van der Waals surface area contributed by atoms with E-state index < -0.39 is 0 Å². The second-order valence-electron chi connectivity index (χ2n) is 5.99. The highest BCUT2D eigenvalue weighted by Gasteiger charge is 2.41. The van der Waals surface area contributed by atoms with E-state index in [0.717, 1.165) is 18.7 Å². The second kappa shape index (κ2) is 3.92. The molecule has 4 rings (SSSR count). The Morgan fingerprint density at radius 1 is 1.06 bits per heavy atom. The van der Waals surface area contributed by atoms with Crippen LogP contribution in [0.3, 0.4) is 0 Å². The van der Waals surface area contributed by atoms with E-state index in [1.807, 2.05) is 0 Å². The molecular weight excluding hydrogens is 226 g/mol. The molecule has 18 heavy (non-hydrogen) atoms. The van der Waals surface area contributed by atoms with Gasteiger partial charge in [-0.2, -0.15) is 0 Å². The lowest BCUT2D eigenvalue weighted by atomic mass is 10.00. The van der Waals surface area contributed by atoms with Crippen LogP contribution in [0.15, 0.2) is 12.4 Å². The van der Waals surface area contributed by atoms with E-state index in [-0.39, 0.29) is 6.10 Å². The van der Waals surface area contributed by atoms with Crippen molar-refractivity contribution >= 4 is 5.82 Å². The normalized spacial score (nSPS) is 34.9. The second-order valence-corrected chi connectivity index (χ2v) is 5.99. The number of anilines is 1. The molecule has 96 valence electrons. The van der Waals surface area contributed by atoms with Gasteiger partial charge in [0.2, 0.25) is 0 Å². The average Bonchev–Trinajstić information content (AvgIpc) is 3.16. The molecule has 1 aromatic rings. The number of hydrogen-bond donors (Lipinski definition) is 1. The molecule has 4 nitrogen and oxygen atoms in total. The molecule has 1 saturated carbocycles. The Kier molecular flexibility index (Phi) is 2.34. The first kappa shape index (κ1) is 10.7. The summed E-state index contributed by atoms with van der Waals surface area (Å²) in [6.45, 7) is 0. The van der Waals surface area contributed by atoms with Crippen molar-refractivity contribution in [2.24, 2.45) is 0 Å². The van der Waals surface area contributed by atoms with Gasteiger partial charge < -0.3 is 10.0 Å². The van der Waals surface area contributed by atoms with E-state index in [4.69, 9.17) is 0 Å². The van der Waals surface area contributed by atoms with E-state index in [1.54, 1.807) is 6.33 Å². The molecule has 1 aliphatic carbocycles. The van der Waals surface area contributed by atoms with Gasteiger partial charge in [-0.05, 0) is 38.5 Å². The molecule has 2 unspecified atom stereocenters. The molecule has 0 spiro atoms. The maximum Gasteiger partial charge on any atom is 0.132 e. The summed E-state index contributed by atoms with van der Waals surface area (Å²) in [6, 6.07) is 3.15. The first-order valence-corrected chi connectivity index (χ1v) is 7.09. The largest absolute Gasteiger partial charge is 0.393 e. The van der Waals surface area contributed by atoms with E-state index in [1.165, 1.54) is 31.4 Å². The minimum Gasteiger partial charge on any atom is -0.393 e. The highest BCUT2D eigenvalue weighted by Crippen LogP contribution is 2.42. The third-order valence-corrected chi connectivity index (χ3v) is 4.64. The fourth-order valence-electron chi connectivity index (χ4n) is 3.63. The fourth-order valence-corrected chi connectivity index (χ4v) is 3.63. The topological polar surface area (TPSA) is 49.2 Å². The number of aliphatic hydroxyl groups excluding tert-OH is 1. The Bertz CT molecular complexity index is 446. The third-order valence-electron chi connectivity index (χ3n) is 4.64. The standard InChI is InChI=1S/C14H19N3O/c18-12-5-10-3-4-11(6-12)17(10)14-7-13(9-1-2-9)15-8-16-14/h7-12,18H,1-6H2. The summed E-state index contributed by atoms with van der Waals surface area (Å²) in [5.74, 6) is 1.77. The Hall–Kier alpha value is -1.16. The molecule has 3 aliphatic rings. The van der Waals surface area contributed by atoms with Crippen LogP contribution in [0, 0.1) is 0 Å². The summed E-state index contributed by atoms with van der Waals surface area (Å²) in [6.07, 6.45) is 8.37. The lowest BCUT2D eigenvalue weighted by molar-refractivity contribution is 0.126. The van der Waals surface area contributed by atoms with Crippen LogP contribution in [-0.4, -0.2) is 33.3 Å². The van der Waals surface area contributed by atoms with Crippen LogP contribution in [0.2, 0.25) is 0 Å². The average molecular weight is 245 g/mol. The van der Waals surface area contributed by atoms with Gasteiger partial charge in [0.25, 0.3) is 0 Å².